The van der Waals surface area contributed by atoms with E-state index in [4.69, 9.17) is 4.74 Å². The third-order valence-corrected chi connectivity index (χ3v) is 4.43. The molecular formula is C20H25NO2. The van der Waals surface area contributed by atoms with E-state index < -0.39 is 6.10 Å². The van der Waals surface area contributed by atoms with Gasteiger partial charge in [0.2, 0.25) is 0 Å². The van der Waals surface area contributed by atoms with Crippen molar-refractivity contribution in [1.29, 1.82) is 0 Å². The van der Waals surface area contributed by atoms with Gasteiger partial charge in [-0.1, -0.05) is 42.5 Å². The molecule has 1 aliphatic rings. The van der Waals surface area contributed by atoms with Crippen molar-refractivity contribution in [2.24, 2.45) is 0 Å². The molecule has 0 spiro atoms. The average Bonchev–Trinajstić information content (AvgIpc) is 3.13. The summed E-state index contributed by atoms with van der Waals surface area (Å²) >= 11 is 0. The fraction of sp³-hybridized carbons (Fsp3) is 0.400. The highest BCUT2D eigenvalue weighted by Crippen LogP contribution is 2.22. The molecule has 3 heteroatoms. The van der Waals surface area contributed by atoms with Crippen LogP contribution in [0.4, 0.5) is 0 Å². The van der Waals surface area contributed by atoms with E-state index in [1.807, 2.05) is 42.5 Å². The second-order valence-corrected chi connectivity index (χ2v) is 6.20. The van der Waals surface area contributed by atoms with Crippen molar-refractivity contribution in [3.63, 3.8) is 0 Å². The molecule has 0 radical (unpaired) electrons. The summed E-state index contributed by atoms with van der Waals surface area (Å²) in [6, 6.07) is 17.9. The molecule has 3 rings (SSSR count). The van der Waals surface area contributed by atoms with E-state index >= 15 is 0 Å². The van der Waals surface area contributed by atoms with Gasteiger partial charge in [-0.15, -0.1) is 0 Å². The Kier molecular flexibility index (Phi) is 5.67. The molecular weight excluding hydrogens is 286 g/mol. The fourth-order valence-electron chi connectivity index (χ4n) is 3.00. The molecule has 1 atom stereocenters. The average molecular weight is 311 g/mol. The van der Waals surface area contributed by atoms with E-state index in [1.54, 1.807) is 0 Å². The minimum Gasteiger partial charge on any atom is -0.489 e. The topological polar surface area (TPSA) is 32.7 Å². The predicted molar refractivity (Wildman–Crippen MR) is 92.5 cm³/mol. The quantitative estimate of drug-likeness (QED) is 0.844. The number of likely N-dealkylation sites (tertiary alicyclic amines) is 1. The van der Waals surface area contributed by atoms with Crippen LogP contribution in [-0.4, -0.2) is 29.6 Å². The number of ether oxygens (including phenoxy) is 1. The molecule has 1 N–H and O–H groups in total. The van der Waals surface area contributed by atoms with Gasteiger partial charge in [0, 0.05) is 6.54 Å². The Bertz CT molecular complexity index is 576. The summed E-state index contributed by atoms with van der Waals surface area (Å²) in [5.41, 5.74) is 2.12. The molecule has 2 aromatic carbocycles. The predicted octanol–water partition coefficient (Wildman–Crippen LogP) is 3.78. The Morgan fingerprint density at radius 2 is 1.65 bits per heavy atom. The van der Waals surface area contributed by atoms with Crippen LogP contribution in [0.15, 0.2) is 54.6 Å². The van der Waals surface area contributed by atoms with Crippen molar-refractivity contribution in [3.8, 4) is 5.75 Å². The summed E-state index contributed by atoms with van der Waals surface area (Å²) in [6.07, 6.45) is 3.00. The second kappa shape index (κ2) is 8.14. The third-order valence-electron chi connectivity index (χ3n) is 4.43. The number of aliphatic hydroxyl groups is 1. The van der Waals surface area contributed by atoms with Crippen molar-refractivity contribution in [3.05, 3.63) is 65.7 Å². The van der Waals surface area contributed by atoms with E-state index in [1.165, 1.54) is 25.9 Å². The van der Waals surface area contributed by atoms with E-state index in [-0.39, 0.29) is 0 Å². The van der Waals surface area contributed by atoms with E-state index in [0.29, 0.717) is 6.61 Å². The molecule has 3 nitrogen and oxygen atoms in total. The molecule has 1 unspecified atom stereocenters. The Morgan fingerprint density at radius 3 is 2.35 bits per heavy atom. The van der Waals surface area contributed by atoms with Crippen LogP contribution in [0, 0.1) is 0 Å². The fourth-order valence-corrected chi connectivity index (χ4v) is 3.00. The summed E-state index contributed by atoms with van der Waals surface area (Å²) in [5.74, 6) is 0.837. The maximum absolute atomic E-state index is 10.3. The van der Waals surface area contributed by atoms with Gasteiger partial charge in [0.05, 0.1) is 6.10 Å². The van der Waals surface area contributed by atoms with Crippen molar-refractivity contribution in [2.75, 3.05) is 19.6 Å². The maximum atomic E-state index is 10.3. The Hall–Kier alpha value is -1.84. The highest BCUT2D eigenvalue weighted by molar-refractivity contribution is 5.29. The normalized spacial score (nSPS) is 16.4. The first-order chi connectivity index (χ1) is 11.3. The van der Waals surface area contributed by atoms with Crippen LogP contribution in [0.2, 0.25) is 0 Å². The smallest absolute Gasteiger partial charge is 0.119 e. The van der Waals surface area contributed by atoms with Crippen LogP contribution in [0.25, 0.3) is 0 Å². The summed E-state index contributed by atoms with van der Waals surface area (Å²) in [6.45, 7) is 3.91. The number of hydrogen-bond donors (Lipinski definition) is 1. The molecule has 0 saturated carbocycles. The Morgan fingerprint density at radius 1 is 0.957 bits per heavy atom. The van der Waals surface area contributed by atoms with Gasteiger partial charge in [0.25, 0.3) is 0 Å². The van der Waals surface area contributed by atoms with Crippen LogP contribution in [0.5, 0.6) is 5.75 Å². The number of aliphatic hydroxyl groups excluding tert-OH is 1. The molecule has 0 aromatic heterocycles. The van der Waals surface area contributed by atoms with Crippen LogP contribution in [0.1, 0.15) is 36.5 Å². The highest BCUT2D eigenvalue weighted by Gasteiger charge is 2.14. The van der Waals surface area contributed by atoms with E-state index in [0.717, 1.165) is 29.8 Å². The number of hydrogen-bond acceptors (Lipinski definition) is 3. The van der Waals surface area contributed by atoms with Crippen LogP contribution >= 0.6 is 0 Å². The van der Waals surface area contributed by atoms with Gasteiger partial charge in [0.1, 0.15) is 12.4 Å². The third kappa shape index (κ3) is 4.81. The van der Waals surface area contributed by atoms with Gasteiger partial charge in [-0.25, -0.2) is 0 Å². The first kappa shape index (κ1) is 16.0. The Balaban J connectivity index is 1.47. The van der Waals surface area contributed by atoms with Crippen LogP contribution in [-0.2, 0) is 6.61 Å². The van der Waals surface area contributed by atoms with E-state index in [9.17, 15) is 5.11 Å². The molecule has 2 aromatic rings. The number of rotatable bonds is 7. The summed E-state index contributed by atoms with van der Waals surface area (Å²) in [5, 5.41) is 10.3. The van der Waals surface area contributed by atoms with Crippen LogP contribution < -0.4 is 4.74 Å². The SMILES string of the molecule is OC(CCN1CCCC1)c1ccc(OCc2ccccc2)cc1. The van der Waals surface area contributed by atoms with Crippen molar-refractivity contribution in [2.45, 2.75) is 32.0 Å². The van der Waals surface area contributed by atoms with Gasteiger partial charge in [-0.2, -0.15) is 0 Å². The lowest BCUT2D eigenvalue weighted by Gasteiger charge is -2.18. The molecule has 1 aliphatic heterocycles. The first-order valence-corrected chi connectivity index (χ1v) is 8.48. The van der Waals surface area contributed by atoms with E-state index in [2.05, 4.69) is 17.0 Å². The van der Waals surface area contributed by atoms with Gasteiger partial charge in [-0.05, 0) is 55.6 Å². The molecule has 0 aliphatic carbocycles. The molecule has 0 amide bonds. The lowest BCUT2D eigenvalue weighted by atomic mass is 10.1. The minimum absolute atomic E-state index is 0.390. The summed E-state index contributed by atoms with van der Waals surface area (Å²) in [4.78, 5) is 2.43. The van der Waals surface area contributed by atoms with Gasteiger partial charge >= 0.3 is 0 Å². The lowest BCUT2D eigenvalue weighted by molar-refractivity contribution is 0.149. The first-order valence-electron chi connectivity index (χ1n) is 8.48. The molecule has 1 saturated heterocycles. The monoisotopic (exact) mass is 311 g/mol. The summed E-state index contributed by atoms with van der Waals surface area (Å²) < 4.78 is 5.78. The minimum atomic E-state index is -0.390. The zero-order chi connectivity index (χ0) is 15.9. The molecule has 122 valence electrons. The molecule has 1 fully saturated rings. The zero-order valence-corrected chi connectivity index (χ0v) is 13.5. The van der Waals surface area contributed by atoms with Gasteiger partial charge in [0.15, 0.2) is 0 Å². The standard InChI is InChI=1S/C20H25NO2/c22-20(12-15-21-13-4-5-14-21)18-8-10-19(11-9-18)23-16-17-6-2-1-3-7-17/h1-3,6-11,20,22H,4-5,12-16H2. The van der Waals surface area contributed by atoms with Gasteiger partial charge < -0.3 is 14.7 Å². The molecule has 0 bridgehead atoms. The van der Waals surface area contributed by atoms with Gasteiger partial charge in [-0.3, -0.25) is 0 Å². The summed E-state index contributed by atoms with van der Waals surface area (Å²) in [7, 11) is 0. The number of benzene rings is 2. The van der Waals surface area contributed by atoms with Crippen LogP contribution in [0.3, 0.4) is 0 Å². The lowest BCUT2D eigenvalue weighted by Crippen LogP contribution is -2.22. The van der Waals surface area contributed by atoms with Crippen molar-refractivity contribution < 1.29 is 9.84 Å². The number of nitrogens with zero attached hydrogens (tertiary/aromatic N) is 1. The van der Waals surface area contributed by atoms with Crippen molar-refractivity contribution >= 4 is 0 Å². The molecule has 1 heterocycles. The largest absolute Gasteiger partial charge is 0.489 e. The van der Waals surface area contributed by atoms with Crippen molar-refractivity contribution in [1.82, 2.24) is 4.90 Å². The highest BCUT2D eigenvalue weighted by atomic mass is 16.5. The second-order valence-electron chi connectivity index (χ2n) is 6.20. The molecule has 23 heavy (non-hydrogen) atoms. The maximum Gasteiger partial charge on any atom is 0.119 e. The Labute approximate surface area is 138 Å². The zero-order valence-electron chi connectivity index (χ0n) is 13.5.